The molecule has 24 heavy (non-hydrogen) atoms. The Bertz CT molecular complexity index is 826. The number of rotatable bonds is 5. The molecule has 9 heteroatoms. The van der Waals surface area contributed by atoms with Crippen molar-refractivity contribution in [1.82, 2.24) is 20.2 Å². The van der Waals surface area contributed by atoms with Gasteiger partial charge < -0.3 is 10.3 Å². The van der Waals surface area contributed by atoms with Crippen molar-refractivity contribution in [2.45, 2.75) is 10.4 Å². The van der Waals surface area contributed by atoms with Crippen LogP contribution in [0, 0.1) is 0 Å². The van der Waals surface area contributed by atoms with Gasteiger partial charge in [-0.25, -0.2) is 0 Å². The van der Waals surface area contributed by atoms with E-state index in [1.54, 1.807) is 36.5 Å². The number of aromatic nitrogens is 4. The molecule has 0 aliphatic carbocycles. The summed E-state index contributed by atoms with van der Waals surface area (Å²) in [4.78, 5) is 18.3. The van der Waals surface area contributed by atoms with Gasteiger partial charge in [0.1, 0.15) is 0 Å². The van der Waals surface area contributed by atoms with Gasteiger partial charge in [0.25, 0.3) is 0 Å². The summed E-state index contributed by atoms with van der Waals surface area (Å²) < 4.78 is 28.1. The first-order valence-corrected chi connectivity index (χ1v) is 7.63. The van der Waals surface area contributed by atoms with Gasteiger partial charge in [-0.2, -0.15) is 8.78 Å². The van der Waals surface area contributed by atoms with Crippen molar-refractivity contribution >= 4 is 23.4 Å². The molecule has 122 valence electrons. The Morgan fingerprint density at radius 2 is 1.92 bits per heavy atom. The number of H-pyrrole nitrogens is 1. The zero-order valence-electron chi connectivity index (χ0n) is 12.1. The van der Waals surface area contributed by atoms with E-state index in [2.05, 4.69) is 25.5 Å². The van der Waals surface area contributed by atoms with Crippen LogP contribution in [0.3, 0.4) is 0 Å². The number of carbonyl (C=O) groups excluding carboxylic acids is 1. The average Bonchev–Trinajstić information content (AvgIpc) is 3.04. The van der Waals surface area contributed by atoms with Crippen molar-refractivity contribution in [2.75, 3.05) is 5.32 Å². The standard InChI is InChI=1S/C15H11F2N5OS/c16-15(17,13(23)19-11-6-2-1-3-7-11)24-14-20-12(21-22-14)10-5-4-8-18-9-10/h1-9H,(H,19,23)(H,20,21,22). The molecule has 0 saturated carbocycles. The summed E-state index contributed by atoms with van der Waals surface area (Å²) in [5, 5.41) is 5.71. The van der Waals surface area contributed by atoms with E-state index in [4.69, 9.17) is 0 Å². The molecule has 1 aromatic carbocycles. The van der Waals surface area contributed by atoms with Crippen LogP contribution >= 0.6 is 11.8 Å². The fraction of sp³-hybridized carbons (Fsp3) is 0.0667. The largest absolute Gasteiger partial charge is 0.378 e. The van der Waals surface area contributed by atoms with E-state index in [1.807, 2.05) is 0 Å². The molecule has 3 rings (SSSR count). The molecule has 0 atom stereocenters. The highest BCUT2D eigenvalue weighted by Gasteiger charge is 2.41. The summed E-state index contributed by atoms with van der Waals surface area (Å²) in [6.45, 7) is 0. The second kappa shape index (κ2) is 6.75. The lowest BCUT2D eigenvalue weighted by atomic mass is 10.3. The summed E-state index contributed by atoms with van der Waals surface area (Å²) in [6, 6.07) is 11.4. The molecule has 0 bridgehead atoms. The van der Waals surface area contributed by atoms with Gasteiger partial charge in [-0.15, -0.1) is 10.2 Å². The lowest BCUT2D eigenvalue weighted by molar-refractivity contribution is -0.129. The van der Waals surface area contributed by atoms with Crippen LogP contribution in [0.2, 0.25) is 0 Å². The van der Waals surface area contributed by atoms with Gasteiger partial charge in [-0.1, -0.05) is 18.2 Å². The summed E-state index contributed by atoms with van der Waals surface area (Å²) in [7, 11) is 0. The van der Waals surface area contributed by atoms with Crippen molar-refractivity contribution in [2.24, 2.45) is 0 Å². The fourth-order valence-corrected chi connectivity index (χ4v) is 2.43. The minimum atomic E-state index is -3.71. The number of hydrogen-bond acceptors (Lipinski definition) is 5. The lowest BCUT2D eigenvalue weighted by Gasteiger charge is -2.13. The van der Waals surface area contributed by atoms with E-state index in [-0.39, 0.29) is 22.6 Å². The van der Waals surface area contributed by atoms with Gasteiger partial charge in [-0.05, 0) is 36.0 Å². The Hall–Kier alpha value is -2.81. The van der Waals surface area contributed by atoms with Crippen molar-refractivity contribution in [3.8, 4) is 11.4 Å². The molecular formula is C15H11F2N5OS. The molecule has 0 unspecified atom stereocenters. The summed E-state index contributed by atoms with van der Waals surface area (Å²) in [5.41, 5.74) is 0.894. The Morgan fingerprint density at radius 1 is 1.12 bits per heavy atom. The van der Waals surface area contributed by atoms with Crippen LogP contribution in [0.25, 0.3) is 11.4 Å². The van der Waals surface area contributed by atoms with Crippen LogP contribution in [0.4, 0.5) is 14.5 Å². The van der Waals surface area contributed by atoms with Crippen molar-refractivity contribution in [3.63, 3.8) is 0 Å². The molecular weight excluding hydrogens is 336 g/mol. The SMILES string of the molecule is O=C(Nc1ccccc1)C(F)(F)Sc1nnc(-c2cccnc2)[nH]1. The van der Waals surface area contributed by atoms with Crippen molar-refractivity contribution in [3.05, 3.63) is 54.9 Å². The zero-order valence-corrected chi connectivity index (χ0v) is 12.9. The molecule has 3 aromatic rings. The minimum Gasteiger partial charge on any atom is -0.320 e. The van der Waals surface area contributed by atoms with Gasteiger partial charge >= 0.3 is 11.2 Å². The predicted octanol–water partition coefficient (Wildman–Crippen LogP) is 3.19. The van der Waals surface area contributed by atoms with Crippen molar-refractivity contribution < 1.29 is 13.6 Å². The molecule has 2 heterocycles. The molecule has 1 amide bonds. The van der Waals surface area contributed by atoms with Crippen LogP contribution in [-0.4, -0.2) is 31.3 Å². The van der Waals surface area contributed by atoms with Gasteiger partial charge in [0.15, 0.2) is 11.0 Å². The molecule has 0 fully saturated rings. The number of benzene rings is 1. The first kappa shape index (κ1) is 16.1. The quantitative estimate of drug-likeness (QED) is 0.693. The van der Waals surface area contributed by atoms with E-state index in [0.717, 1.165) is 0 Å². The molecule has 6 nitrogen and oxygen atoms in total. The van der Waals surface area contributed by atoms with Gasteiger partial charge in [0.2, 0.25) is 0 Å². The monoisotopic (exact) mass is 347 g/mol. The number of para-hydroxylation sites is 1. The third kappa shape index (κ3) is 3.74. The highest BCUT2D eigenvalue weighted by atomic mass is 32.2. The normalized spacial score (nSPS) is 11.2. The minimum absolute atomic E-state index is 0.00621. The summed E-state index contributed by atoms with van der Waals surface area (Å²) >= 11 is -0.00621. The molecule has 0 saturated heterocycles. The predicted molar refractivity (Wildman–Crippen MR) is 85.5 cm³/mol. The third-order valence-corrected chi connectivity index (χ3v) is 3.74. The maximum absolute atomic E-state index is 14.1. The van der Waals surface area contributed by atoms with E-state index in [9.17, 15) is 13.6 Å². The first-order valence-electron chi connectivity index (χ1n) is 6.81. The number of anilines is 1. The number of pyridine rings is 1. The summed E-state index contributed by atoms with van der Waals surface area (Å²) in [6.07, 6.45) is 3.10. The molecule has 0 aliphatic heterocycles. The molecule has 0 radical (unpaired) electrons. The fourth-order valence-electron chi connectivity index (χ4n) is 1.82. The smallest absolute Gasteiger partial charge is 0.320 e. The number of carbonyl (C=O) groups is 1. The number of aromatic amines is 1. The number of thioether (sulfide) groups is 1. The van der Waals surface area contributed by atoms with Crippen molar-refractivity contribution in [1.29, 1.82) is 0 Å². The zero-order chi connectivity index (χ0) is 17.0. The second-order valence-corrected chi connectivity index (χ2v) is 5.76. The molecule has 0 aliphatic rings. The van der Waals surface area contributed by atoms with E-state index in [1.165, 1.54) is 18.3 Å². The molecule has 2 N–H and O–H groups in total. The van der Waals surface area contributed by atoms with Crippen LogP contribution in [0.5, 0.6) is 0 Å². The van der Waals surface area contributed by atoms with E-state index in [0.29, 0.717) is 11.4 Å². The summed E-state index contributed by atoms with van der Waals surface area (Å²) in [5.74, 6) is -1.14. The van der Waals surface area contributed by atoms with Gasteiger partial charge in [0.05, 0.1) is 0 Å². The number of nitrogens with zero attached hydrogens (tertiary/aromatic N) is 3. The topological polar surface area (TPSA) is 83.6 Å². The number of halogens is 2. The Balaban J connectivity index is 1.70. The number of hydrogen-bond donors (Lipinski definition) is 2. The molecule has 0 spiro atoms. The maximum atomic E-state index is 14.1. The van der Waals surface area contributed by atoms with Gasteiger partial charge in [-0.3, -0.25) is 9.78 Å². The van der Waals surface area contributed by atoms with Gasteiger partial charge in [0, 0.05) is 23.6 Å². The number of nitrogens with one attached hydrogen (secondary N) is 2. The highest BCUT2D eigenvalue weighted by Crippen LogP contribution is 2.35. The van der Waals surface area contributed by atoms with Crippen LogP contribution in [-0.2, 0) is 4.79 Å². The molecule has 2 aromatic heterocycles. The average molecular weight is 347 g/mol. The highest BCUT2D eigenvalue weighted by molar-refractivity contribution is 8.00. The van der Waals surface area contributed by atoms with Crippen LogP contribution in [0.15, 0.2) is 60.0 Å². The first-order chi connectivity index (χ1) is 11.5. The van der Waals surface area contributed by atoms with E-state index < -0.39 is 11.2 Å². The Morgan fingerprint density at radius 3 is 2.62 bits per heavy atom. The second-order valence-electron chi connectivity index (χ2n) is 4.66. The Kier molecular flexibility index (Phi) is 4.52. The number of alkyl halides is 2. The van der Waals surface area contributed by atoms with Crippen LogP contribution in [0.1, 0.15) is 0 Å². The van der Waals surface area contributed by atoms with Crippen LogP contribution < -0.4 is 5.32 Å². The maximum Gasteiger partial charge on any atom is 0.378 e. The number of amides is 1. The lowest BCUT2D eigenvalue weighted by Crippen LogP contribution is -2.31. The van der Waals surface area contributed by atoms with E-state index >= 15 is 0 Å². The third-order valence-electron chi connectivity index (χ3n) is 2.92. The Labute approximate surface area is 139 Å².